The maximum Gasteiger partial charge on any atom is 0.280 e. The number of anilines is 1. The van der Waals surface area contributed by atoms with Gasteiger partial charge in [0.15, 0.2) is 11.2 Å². The monoisotopic (exact) mass is 330 g/mol. The van der Waals surface area contributed by atoms with Gasteiger partial charge in [-0.15, -0.1) is 0 Å². The topological polar surface area (TPSA) is 137 Å². The number of nitrogens with two attached hydrogens (primary N) is 1. The SMILES string of the molecule is CCc1cc(C(=O)NCCn2cnc3c(=O)[nH]c(N)nc32)n(C)n1. The van der Waals surface area contributed by atoms with Gasteiger partial charge in [0.1, 0.15) is 5.69 Å². The van der Waals surface area contributed by atoms with Crippen LogP contribution in [0, 0.1) is 0 Å². The summed E-state index contributed by atoms with van der Waals surface area (Å²) >= 11 is 0. The summed E-state index contributed by atoms with van der Waals surface area (Å²) < 4.78 is 3.23. The molecule has 0 bridgehead atoms. The average Bonchev–Trinajstić information content (AvgIpc) is 3.11. The first-order chi connectivity index (χ1) is 11.5. The predicted molar refractivity (Wildman–Crippen MR) is 87.5 cm³/mol. The van der Waals surface area contributed by atoms with Gasteiger partial charge in [0, 0.05) is 20.1 Å². The molecule has 0 unspecified atom stereocenters. The summed E-state index contributed by atoms with van der Waals surface area (Å²) in [5.74, 6) is -0.181. The molecule has 10 heteroatoms. The van der Waals surface area contributed by atoms with E-state index in [-0.39, 0.29) is 22.9 Å². The molecule has 126 valence electrons. The number of hydrogen-bond acceptors (Lipinski definition) is 6. The minimum Gasteiger partial charge on any atom is -0.369 e. The average molecular weight is 330 g/mol. The van der Waals surface area contributed by atoms with Crippen LogP contribution in [0.25, 0.3) is 11.2 Å². The van der Waals surface area contributed by atoms with Crippen LogP contribution in [0.3, 0.4) is 0 Å². The highest BCUT2D eigenvalue weighted by Crippen LogP contribution is 2.06. The highest BCUT2D eigenvalue weighted by Gasteiger charge is 2.13. The van der Waals surface area contributed by atoms with E-state index < -0.39 is 0 Å². The molecular weight excluding hydrogens is 312 g/mol. The smallest absolute Gasteiger partial charge is 0.280 e. The summed E-state index contributed by atoms with van der Waals surface area (Å²) in [5, 5.41) is 7.06. The van der Waals surface area contributed by atoms with E-state index in [9.17, 15) is 9.59 Å². The molecule has 0 spiro atoms. The minimum atomic E-state index is -0.387. The van der Waals surface area contributed by atoms with Crippen LogP contribution in [-0.2, 0) is 20.0 Å². The molecule has 0 saturated heterocycles. The van der Waals surface area contributed by atoms with Crippen molar-refractivity contribution in [1.29, 1.82) is 0 Å². The van der Waals surface area contributed by atoms with E-state index in [2.05, 4.69) is 25.4 Å². The molecule has 0 aliphatic heterocycles. The zero-order chi connectivity index (χ0) is 17.3. The van der Waals surface area contributed by atoms with E-state index in [4.69, 9.17) is 5.73 Å². The van der Waals surface area contributed by atoms with Crippen molar-refractivity contribution in [3.05, 3.63) is 34.1 Å². The second-order valence-electron chi connectivity index (χ2n) is 5.32. The number of nitrogens with zero attached hydrogens (tertiary/aromatic N) is 5. The molecule has 0 aromatic carbocycles. The Balaban J connectivity index is 1.69. The van der Waals surface area contributed by atoms with Crippen molar-refractivity contribution < 1.29 is 4.79 Å². The summed E-state index contributed by atoms with van der Waals surface area (Å²) in [7, 11) is 1.73. The normalized spacial score (nSPS) is 11.1. The molecule has 24 heavy (non-hydrogen) atoms. The third kappa shape index (κ3) is 2.85. The molecule has 10 nitrogen and oxygen atoms in total. The molecule has 3 rings (SSSR count). The largest absolute Gasteiger partial charge is 0.369 e. The van der Waals surface area contributed by atoms with Crippen LogP contribution in [0.4, 0.5) is 5.95 Å². The number of aromatic amines is 1. The van der Waals surface area contributed by atoms with Crippen LogP contribution in [0.15, 0.2) is 17.2 Å². The van der Waals surface area contributed by atoms with E-state index >= 15 is 0 Å². The molecule has 0 atom stereocenters. The zero-order valence-electron chi connectivity index (χ0n) is 13.4. The lowest BCUT2D eigenvalue weighted by Crippen LogP contribution is -2.28. The molecule has 0 radical (unpaired) electrons. The van der Waals surface area contributed by atoms with Crippen molar-refractivity contribution in [3.63, 3.8) is 0 Å². The number of nitrogen functional groups attached to an aromatic ring is 1. The van der Waals surface area contributed by atoms with Gasteiger partial charge in [-0.25, -0.2) is 4.98 Å². The van der Waals surface area contributed by atoms with Crippen molar-refractivity contribution in [2.75, 3.05) is 12.3 Å². The molecule has 0 aliphatic carbocycles. The molecule has 3 aromatic heterocycles. The number of aromatic nitrogens is 6. The highest BCUT2D eigenvalue weighted by molar-refractivity contribution is 5.92. The van der Waals surface area contributed by atoms with Gasteiger partial charge in [-0.1, -0.05) is 6.92 Å². The maximum atomic E-state index is 12.2. The van der Waals surface area contributed by atoms with E-state index in [1.807, 2.05) is 6.92 Å². The molecule has 0 fully saturated rings. The van der Waals surface area contributed by atoms with Crippen LogP contribution in [0.1, 0.15) is 23.1 Å². The lowest BCUT2D eigenvalue weighted by Gasteiger charge is -2.06. The fourth-order valence-corrected chi connectivity index (χ4v) is 2.43. The first-order valence-corrected chi connectivity index (χ1v) is 7.51. The minimum absolute atomic E-state index is 0.0280. The van der Waals surface area contributed by atoms with Gasteiger partial charge in [-0.2, -0.15) is 10.1 Å². The number of H-pyrrole nitrogens is 1. The number of fused-ring (bicyclic) bond motifs is 1. The number of amides is 1. The molecule has 3 heterocycles. The van der Waals surface area contributed by atoms with Crippen LogP contribution in [0.5, 0.6) is 0 Å². The lowest BCUT2D eigenvalue weighted by molar-refractivity contribution is 0.0943. The third-order valence-electron chi connectivity index (χ3n) is 3.66. The van der Waals surface area contributed by atoms with Crippen molar-refractivity contribution in [1.82, 2.24) is 34.6 Å². The van der Waals surface area contributed by atoms with Crippen LogP contribution in [0.2, 0.25) is 0 Å². The van der Waals surface area contributed by atoms with Gasteiger partial charge in [0.25, 0.3) is 11.5 Å². The van der Waals surface area contributed by atoms with Crippen molar-refractivity contribution in [2.45, 2.75) is 19.9 Å². The van der Waals surface area contributed by atoms with Gasteiger partial charge < -0.3 is 15.6 Å². The van der Waals surface area contributed by atoms with Crippen molar-refractivity contribution >= 4 is 23.0 Å². The Hall–Kier alpha value is -3.17. The number of nitrogens with one attached hydrogen (secondary N) is 2. The first-order valence-electron chi connectivity index (χ1n) is 7.51. The molecule has 0 saturated carbocycles. The number of aryl methyl sites for hydroxylation is 2. The zero-order valence-corrected chi connectivity index (χ0v) is 13.4. The maximum absolute atomic E-state index is 12.2. The van der Waals surface area contributed by atoms with Gasteiger partial charge in [-0.3, -0.25) is 19.3 Å². The van der Waals surface area contributed by atoms with Crippen LogP contribution >= 0.6 is 0 Å². The molecule has 3 aromatic rings. The fourth-order valence-electron chi connectivity index (χ4n) is 2.43. The summed E-state index contributed by atoms with van der Waals surface area (Å²) in [6, 6.07) is 1.77. The van der Waals surface area contributed by atoms with E-state index in [1.54, 1.807) is 22.4 Å². The Morgan fingerprint density at radius 1 is 1.46 bits per heavy atom. The molecule has 4 N–H and O–H groups in total. The highest BCUT2D eigenvalue weighted by atomic mass is 16.2. The summed E-state index contributed by atoms with van der Waals surface area (Å²) in [6.07, 6.45) is 2.27. The quantitative estimate of drug-likeness (QED) is 0.573. The molecule has 1 amide bonds. The summed E-state index contributed by atoms with van der Waals surface area (Å²) in [4.78, 5) is 34.4. The Morgan fingerprint density at radius 2 is 2.25 bits per heavy atom. The molecule has 0 aliphatic rings. The Bertz CT molecular complexity index is 951. The first kappa shape index (κ1) is 15.7. The van der Waals surface area contributed by atoms with E-state index in [0.717, 1.165) is 12.1 Å². The second kappa shape index (κ2) is 6.14. The van der Waals surface area contributed by atoms with E-state index in [1.165, 1.54) is 6.33 Å². The Morgan fingerprint density at radius 3 is 2.96 bits per heavy atom. The third-order valence-corrected chi connectivity index (χ3v) is 3.66. The van der Waals surface area contributed by atoms with Gasteiger partial charge >= 0.3 is 0 Å². The number of carbonyl (C=O) groups is 1. The number of carbonyl (C=O) groups excluding carboxylic acids is 1. The van der Waals surface area contributed by atoms with Gasteiger partial charge in [-0.05, 0) is 12.5 Å². The number of rotatable bonds is 5. The fraction of sp³-hybridized carbons (Fsp3) is 0.357. The number of imidazole rings is 1. The second-order valence-corrected chi connectivity index (χ2v) is 5.32. The van der Waals surface area contributed by atoms with Gasteiger partial charge in [0.2, 0.25) is 5.95 Å². The Labute approximate surface area is 136 Å². The van der Waals surface area contributed by atoms with Crippen LogP contribution < -0.4 is 16.6 Å². The standard InChI is InChI=1S/C14H18N8O2/c1-3-8-6-9(21(2)20-8)12(23)16-4-5-22-7-17-10-11(22)18-14(15)19-13(10)24/h6-7H,3-5H2,1-2H3,(H,16,23)(H3,15,18,19,24). The van der Waals surface area contributed by atoms with Crippen LogP contribution in [-0.4, -0.2) is 41.8 Å². The van der Waals surface area contributed by atoms with Crippen molar-refractivity contribution in [3.8, 4) is 0 Å². The predicted octanol–water partition coefficient (Wildman–Crippen LogP) is -0.572. The Kier molecular flexibility index (Phi) is 4.02. The van der Waals surface area contributed by atoms with Gasteiger partial charge in [0.05, 0.1) is 12.0 Å². The lowest BCUT2D eigenvalue weighted by atomic mass is 10.3. The summed E-state index contributed by atoms with van der Waals surface area (Å²) in [5.41, 5.74) is 7.13. The summed E-state index contributed by atoms with van der Waals surface area (Å²) in [6.45, 7) is 2.75. The number of hydrogen-bond donors (Lipinski definition) is 3. The van der Waals surface area contributed by atoms with Crippen molar-refractivity contribution in [2.24, 2.45) is 7.05 Å². The van der Waals surface area contributed by atoms with E-state index in [0.29, 0.717) is 24.4 Å². The molecular formula is C14H18N8O2.